The predicted molar refractivity (Wildman–Crippen MR) is 122 cm³/mol. The van der Waals surface area contributed by atoms with Gasteiger partial charge in [-0.05, 0) is 54.8 Å². The second-order valence-electron chi connectivity index (χ2n) is 6.99. The van der Waals surface area contributed by atoms with Crippen molar-refractivity contribution in [3.63, 3.8) is 0 Å². The van der Waals surface area contributed by atoms with Gasteiger partial charge in [-0.15, -0.1) is 0 Å². The average Bonchev–Trinajstić information content (AvgIpc) is 2.79. The maximum Gasteiger partial charge on any atom is 0.258 e. The Bertz CT molecular complexity index is 944. The second-order valence-corrected chi connectivity index (χ2v) is 7.42. The van der Waals surface area contributed by atoms with Crippen LogP contribution in [0.25, 0.3) is 0 Å². The van der Waals surface area contributed by atoms with Gasteiger partial charge in [0, 0.05) is 35.8 Å². The fourth-order valence-corrected chi connectivity index (χ4v) is 3.29. The molecule has 0 spiro atoms. The normalized spacial score (nSPS) is 10.4. The van der Waals surface area contributed by atoms with Crippen molar-refractivity contribution in [3.05, 3.63) is 101 Å². The third-order valence-corrected chi connectivity index (χ3v) is 5.02. The molecule has 0 atom stereocenters. The standard InChI is InChI=1S/C25H25ClN2O2/c26-22-15-13-21(14-16-22)25(30)28(23-10-5-2-6-11-23)19-7-18-27-24(29)17-12-20-8-3-1-4-9-20/h1-6,8-11,13-16H,7,12,17-19H2,(H,27,29). The monoisotopic (exact) mass is 420 g/mol. The van der Waals surface area contributed by atoms with E-state index in [1.54, 1.807) is 29.2 Å². The molecule has 2 amide bonds. The van der Waals surface area contributed by atoms with Gasteiger partial charge in [-0.3, -0.25) is 9.59 Å². The van der Waals surface area contributed by atoms with E-state index < -0.39 is 0 Å². The molecule has 154 valence electrons. The van der Waals surface area contributed by atoms with Crippen LogP contribution < -0.4 is 10.2 Å². The van der Waals surface area contributed by atoms with E-state index in [-0.39, 0.29) is 11.8 Å². The number of nitrogens with zero attached hydrogens (tertiary/aromatic N) is 1. The molecule has 0 bridgehead atoms. The zero-order valence-corrected chi connectivity index (χ0v) is 17.5. The molecule has 0 aromatic heterocycles. The summed E-state index contributed by atoms with van der Waals surface area (Å²) in [6.45, 7) is 1.02. The number of hydrogen-bond donors (Lipinski definition) is 1. The Morgan fingerprint density at radius 3 is 2.13 bits per heavy atom. The van der Waals surface area contributed by atoms with E-state index in [1.807, 2.05) is 60.7 Å². The van der Waals surface area contributed by atoms with Crippen molar-refractivity contribution >= 4 is 29.1 Å². The van der Waals surface area contributed by atoms with Crippen LogP contribution in [0.5, 0.6) is 0 Å². The van der Waals surface area contributed by atoms with Crippen LogP contribution in [-0.4, -0.2) is 24.9 Å². The Morgan fingerprint density at radius 1 is 0.833 bits per heavy atom. The molecule has 0 heterocycles. The number of nitrogens with one attached hydrogen (secondary N) is 1. The van der Waals surface area contributed by atoms with Gasteiger partial charge in [-0.25, -0.2) is 0 Å². The van der Waals surface area contributed by atoms with Crippen molar-refractivity contribution in [3.8, 4) is 0 Å². The number of aryl methyl sites for hydroxylation is 1. The van der Waals surface area contributed by atoms with Gasteiger partial charge in [0.1, 0.15) is 0 Å². The SMILES string of the molecule is O=C(CCc1ccccc1)NCCCN(C(=O)c1ccc(Cl)cc1)c1ccccc1. The van der Waals surface area contributed by atoms with Crippen molar-refractivity contribution in [1.29, 1.82) is 0 Å². The van der Waals surface area contributed by atoms with Crippen LogP contribution in [0.4, 0.5) is 5.69 Å². The number of benzene rings is 3. The van der Waals surface area contributed by atoms with E-state index in [1.165, 1.54) is 0 Å². The summed E-state index contributed by atoms with van der Waals surface area (Å²) in [5, 5.41) is 3.55. The predicted octanol–water partition coefficient (Wildman–Crippen LogP) is 5.13. The van der Waals surface area contributed by atoms with Crippen molar-refractivity contribution in [2.24, 2.45) is 0 Å². The third kappa shape index (κ3) is 6.46. The number of anilines is 1. The molecule has 0 aliphatic carbocycles. The van der Waals surface area contributed by atoms with Gasteiger partial charge in [0.05, 0.1) is 0 Å². The maximum absolute atomic E-state index is 13.0. The van der Waals surface area contributed by atoms with E-state index >= 15 is 0 Å². The maximum atomic E-state index is 13.0. The first-order valence-corrected chi connectivity index (χ1v) is 10.4. The molecular weight excluding hydrogens is 396 g/mol. The molecule has 0 fully saturated rings. The van der Waals surface area contributed by atoms with Crippen molar-refractivity contribution < 1.29 is 9.59 Å². The lowest BCUT2D eigenvalue weighted by atomic mass is 10.1. The lowest BCUT2D eigenvalue weighted by Crippen LogP contribution is -2.34. The Balaban J connectivity index is 1.53. The van der Waals surface area contributed by atoms with E-state index in [2.05, 4.69) is 5.32 Å². The minimum Gasteiger partial charge on any atom is -0.356 e. The van der Waals surface area contributed by atoms with Gasteiger partial charge in [-0.2, -0.15) is 0 Å². The molecule has 5 heteroatoms. The molecule has 0 aliphatic rings. The Kier molecular flexibility index (Phi) is 8.04. The third-order valence-electron chi connectivity index (χ3n) is 4.77. The average molecular weight is 421 g/mol. The minimum atomic E-state index is -0.0896. The lowest BCUT2D eigenvalue weighted by Gasteiger charge is -2.23. The summed E-state index contributed by atoms with van der Waals surface area (Å²) in [4.78, 5) is 26.9. The molecule has 0 saturated heterocycles. The van der Waals surface area contributed by atoms with Gasteiger partial charge in [0.2, 0.25) is 5.91 Å². The van der Waals surface area contributed by atoms with Crippen molar-refractivity contribution in [2.75, 3.05) is 18.0 Å². The highest BCUT2D eigenvalue weighted by molar-refractivity contribution is 6.30. The lowest BCUT2D eigenvalue weighted by molar-refractivity contribution is -0.121. The highest BCUT2D eigenvalue weighted by Crippen LogP contribution is 2.18. The number of halogens is 1. The van der Waals surface area contributed by atoms with Crippen LogP contribution in [0.3, 0.4) is 0 Å². The van der Waals surface area contributed by atoms with Crippen LogP contribution in [-0.2, 0) is 11.2 Å². The summed E-state index contributed by atoms with van der Waals surface area (Å²) in [7, 11) is 0. The second kappa shape index (κ2) is 11.2. The smallest absolute Gasteiger partial charge is 0.258 e. The molecule has 3 aromatic rings. The summed E-state index contributed by atoms with van der Waals surface area (Å²) < 4.78 is 0. The van der Waals surface area contributed by atoms with E-state index in [0.717, 1.165) is 17.7 Å². The summed E-state index contributed by atoms with van der Waals surface area (Å²) in [6.07, 6.45) is 1.83. The summed E-state index contributed by atoms with van der Waals surface area (Å²) in [5.41, 5.74) is 2.56. The van der Waals surface area contributed by atoms with E-state index in [0.29, 0.717) is 36.5 Å². The Morgan fingerprint density at radius 2 is 1.47 bits per heavy atom. The number of amides is 2. The van der Waals surface area contributed by atoms with Crippen LogP contribution in [0.1, 0.15) is 28.8 Å². The van der Waals surface area contributed by atoms with Crippen molar-refractivity contribution in [2.45, 2.75) is 19.3 Å². The van der Waals surface area contributed by atoms with Gasteiger partial charge >= 0.3 is 0 Å². The van der Waals surface area contributed by atoms with E-state index in [9.17, 15) is 9.59 Å². The van der Waals surface area contributed by atoms with Gasteiger partial charge in [0.25, 0.3) is 5.91 Å². The minimum absolute atomic E-state index is 0.0224. The summed E-state index contributed by atoms with van der Waals surface area (Å²) in [5.74, 6) is -0.0672. The molecule has 3 aromatic carbocycles. The molecule has 4 nitrogen and oxygen atoms in total. The highest BCUT2D eigenvalue weighted by atomic mass is 35.5. The molecule has 30 heavy (non-hydrogen) atoms. The largest absolute Gasteiger partial charge is 0.356 e. The zero-order chi connectivity index (χ0) is 21.2. The molecular formula is C25H25ClN2O2. The molecule has 0 aliphatic heterocycles. The number of rotatable bonds is 9. The number of carbonyl (C=O) groups excluding carboxylic acids is 2. The topological polar surface area (TPSA) is 49.4 Å². The molecule has 3 rings (SSSR count). The quantitative estimate of drug-likeness (QED) is 0.488. The number of hydrogen-bond acceptors (Lipinski definition) is 2. The van der Waals surface area contributed by atoms with E-state index in [4.69, 9.17) is 11.6 Å². The number of carbonyl (C=O) groups is 2. The van der Waals surface area contributed by atoms with Crippen LogP contribution in [0.2, 0.25) is 5.02 Å². The van der Waals surface area contributed by atoms with Gasteiger partial charge in [0.15, 0.2) is 0 Å². The molecule has 0 saturated carbocycles. The van der Waals surface area contributed by atoms with Gasteiger partial charge < -0.3 is 10.2 Å². The zero-order valence-electron chi connectivity index (χ0n) is 16.8. The summed E-state index contributed by atoms with van der Waals surface area (Å²) in [6, 6.07) is 26.4. The molecule has 0 unspecified atom stereocenters. The first-order valence-electron chi connectivity index (χ1n) is 10.1. The van der Waals surface area contributed by atoms with Crippen LogP contribution >= 0.6 is 11.6 Å². The Hall–Kier alpha value is -3.11. The molecule has 0 radical (unpaired) electrons. The fourth-order valence-electron chi connectivity index (χ4n) is 3.16. The first-order chi connectivity index (χ1) is 14.6. The van der Waals surface area contributed by atoms with Crippen LogP contribution in [0.15, 0.2) is 84.9 Å². The Labute approximate surface area is 182 Å². The molecule has 1 N–H and O–H groups in total. The number of para-hydroxylation sites is 1. The van der Waals surface area contributed by atoms with Crippen LogP contribution in [0, 0.1) is 0 Å². The first kappa shape index (κ1) is 21.6. The van der Waals surface area contributed by atoms with Crippen molar-refractivity contribution in [1.82, 2.24) is 5.32 Å². The highest BCUT2D eigenvalue weighted by Gasteiger charge is 2.17. The fraction of sp³-hybridized carbons (Fsp3) is 0.200. The van der Waals surface area contributed by atoms with Gasteiger partial charge in [-0.1, -0.05) is 60.1 Å². The summed E-state index contributed by atoms with van der Waals surface area (Å²) >= 11 is 5.94.